The van der Waals surface area contributed by atoms with Gasteiger partial charge in [-0.2, -0.15) is 0 Å². The van der Waals surface area contributed by atoms with Gasteiger partial charge in [-0.25, -0.2) is 0 Å². The number of fused-ring (bicyclic) bond motifs is 1. The van der Waals surface area contributed by atoms with Gasteiger partial charge in [-0.1, -0.05) is 31.0 Å². The van der Waals surface area contributed by atoms with Crippen LogP contribution in [0.1, 0.15) is 49.0 Å². The van der Waals surface area contributed by atoms with Crippen molar-refractivity contribution < 1.29 is 4.79 Å². The molecule has 1 atom stereocenters. The van der Waals surface area contributed by atoms with Gasteiger partial charge < -0.3 is 9.88 Å². The second kappa shape index (κ2) is 5.84. The fourth-order valence-corrected chi connectivity index (χ4v) is 4.36. The third-order valence-corrected chi connectivity index (χ3v) is 5.49. The van der Waals surface area contributed by atoms with E-state index in [4.69, 9.17) is 0 Å². The first kappa shape index (κ1) is 14.5. The summed E-state index contributed by atoms with van der Waals surface area (Å²) < 4.78 is 0. The van der Waals surface area contributed by atoms with Crippen LogP contribution in [0.4, 0.5) is 0 Å². The van der Waals surface area contributed by atoms with Gasteiger partial charge in [-0.15, -0.1) is 0 Å². The molecule has 23 heavy (non-hydrogen) atoms. The topological polar surface area (TPSA) is 53.2 Å². The highest BCUT2D eigenvalue weighted by Gasteiger charge is 2.36. The van der Waals surface area contributed by atoms with Gasteiger partial charge in [0.15, 0.2) is 0 Å². The summed E-state index contributed by atoms with van der Waals surface area (Å²) in [5, 5.41) is 1.47. The van der Waals surface area contributed by atoms with E-state index in [9.17, 15) is 9.59 Å². The number of aromatic nitrogens is 1. The summed E-state index contributed by atoms with van der Waals surface area (Å²) in [7, 11) is 0. The van der Waals surface area contributed by atoms with Crippen molar-refractivity contribution in [2.75, 3.05) is 6.54 Å². The minimum absolute atomic E-state index is 0.0118. The summed E-state index contributed by atoms with van der Waals surface area (Å²) in [4.78, 5) is 30.0. The molecule has 1 aliphatic heterocycles. The number of rotatable bonds is 2. The van der Waals surface area contributed by atoms with Crippen molar-refractivity contribution in [3.63, 3.8) is 0 Å². The van der Waals surface area contributed by atoms with E-state index in [0.29, 0.717) is 23.0 Å². The molecule has 2 heterocycles. The first-order valence-electron chi connectivity index (χ1n) is 8.67. The van der Waals surface area contributed by atoms with Crippen LogP contribution in [-0.2, 0) is 0 Å². The number of hydrogen-bond acceptors (Lipinski definition) is 2. The fourth-order valence-electron chi connectivity index (χ4n) is 4.36. The number of aromatic amines is 1. The van der Waals surface area contributed by atoms with Gasteiger partial charge in [0.05, 0.1) is 0 Å². The van der Waals surface area contributed by atoms with Gasteiger partial charge in [-0.05, 0) is 49.1 Å². The monoisotopic (exact) mass is 310 g/mol. The predicted octanol–water partition coefficient (Wildman–Crippen LogP) is 3.32. The van der Waals surface area contributed by atoms with E-state index in [-0.39, 0.29) is 11.5 Å². The third kappa shape index (κ3) is 2.56. The highest BCUT2D eigenvalue weighted by Crippen LogP contribution is 2.35. The van der Waals surface area contributed by atoms with E-state index in [0.717, 1.165) is 24.8 Å². The van der Waals surface area contributed by atoms with Crippen molar-refractivity contribution in [3.05, 3.63) is 46.4 Å². The summed E-state index contributed by atoms with van der Waals surface area (Å²) in [5.74, 6) is 0.635. The predicted molar refractivity (Wildman–Crippen MR) is 90.6 cm³/mol. The number of carbonyl (C=O) groups excluding carboxylic acids is 1. The van der Waals surface area contributed by atoms with Gasteiger partial charge >= 0.3 is 0 Å². The Morgan fingerprint density at radius 3 is 2.70 bits per heavy atom. The van der Waals surface area contributed by atoms with Crippen LogP contribution >= 0.6 is 0 Å². The zero-order valence-corrected chi connectivity index (χ0v) is 13.3. The summed E-state index contributed by atoms with van der Waals surface area (Å²) in [6.07, 6.45) is 7.23. The lowest BCUT2D eigenvalue weighted by molar-refractivity contribution is 0.0683. The number of H-pyrrole nitrogens is 1. The largest absolute Gasteiger partial charge is 0.334 e. The molecule has 1 N–H and O–H groups in total. The van der Waals surface area contributed by atoms with E-state index in [1.807, 2.05) is 29.2 Å². The average molecular weight is 310 g/mol. The Balaban J connectivity index is 1.67. The number of hydrogen-bond donors (Lipinski definition) is 1. The Hall–Kier alpha value is -2.10. The van der Waals surface area contributed by atoms with E-state index >= 15 is 0 Å². The molecule has 1 saturated heterocycles. The van der Waals surface area contributed by atoms with Crippen LogP contribution < -0.4 is 5.56 Å². The van der Waals surface area contributed by atoms with Crippen LogP contribution in [0.2, 0.25) is 0 Å². The molecule has 1 aliphatic carbocycles. The van der Waals surface area contributed by atoms with Crippen molar-refractivity contribution in [3.8, 4) is 0 Å². The summed E-state index contributed by atoms with van der Waals surface area (Å²) >= 11 is 0. The summed E-state index contributed by atoms with van der Waals surface area (Å²) in [6.45, 7) is 0.814. The van der Waals surface area contributed by atoms with Crippen molar-refractivity contribution in [2.24, 2.45) is 5.92 Å². The second-order valence-electron chi connectivity index (χ2n) is 6.85. The van der Waals surface area contributed by atoms with Crippen LogP contribution in [0.15, 0.2) is 35.1 Å². The van der Waals surface area contributed by atoms with Gasteiger partial charge in [-0.3, -0.25) is 9.59 Å². The van der Waals surface area contributed by atoms with Crippen LogP contribution in [0.3, 0.4) is 0 Å². The molecule has 0 spiro atoms. The molecule has 2 aliphatic rings. The molecule has 1 aromatic carbocycles. The number of benzene rings is 1. The lowest BCUT2D eigenvalue weighted by atomic mass is 9.96. The number of pyridine rings is 1. The van der Waals surface area contributed by atoms with Crippen LogP contribution in [0.25, 0.3) is 10.8 Å². The maximum absolute atomic E-state index is 13.0. The molecule has 1 amide bonds. The van der Waals surface area contributed by atoms with Crippen molar-refractivity contribution >= 4 is 16.7 Å². The number of nitrogens with zero attached hydrogens (tertiary/aromatic N) is 1. The minimum atomic E-state index is -0.178. The van der Waals surface area contributed by atoms with Crippen LogP contribution in [-0.4, -0.2) is 28.4 Å². The SMILES string of the molecule is O=C(c1cc2ccccc2c(=O)[nH]1)N1CCC[C@H]1C1CCCC1. The quantitative estimate of drug-likeness (QED) is 0.925. The normalized spacial score (nSPS) is 22.1. The molecule has 0 unspecified atom stereocenters. The van der Waals surface area contributed by atoms with Crippen molar-refractivity contribution in [1.29, 1.82) is 0 Å². The van der Waals surface area contributed by atoms with E-state index < -0.39 is 0 Å². The molecule has 120 valence electrons. The smallest absolute Gasteiger partial charge is 0.270 e. The van der Waals surface area contributed by atoms with Gasteiger partial charge in [0.25, 0.3) is 11.5 Å². The molecule has 0 bridgehead atoms. The Morgan fingerprint density at radius 2 is 1.87 bits per heavy atom. The Bertz CT molecular complexity index is 789. The van der Waals surface area contributed by atoms with Gasteiger partial charge in [0.2, 0.25) is 0 Å². The van der Waals surface area contributed by atoms with Crippen LogP contribution in [0.5, 0.6) is 0 Å². The molecule has 4 heteroatoms. The van der Waals surface area contributed by atoms with Crippen LogP contribution in [0, 0.1) is 5.92 Å². The zero-order valence-electron chi connectivity index (χ0n) is 13.3. The first-order valence-corrected chi connectivity index (χ1v) is 8.67. The highest BCUT2D eigenvalue weighted by atomic mass is 16.2. The molecule has 0 radical (unpaired) electrons. The average Bonchev–Trinajstić information content (AvgIpc) is 3.25. The highest BCUT2D eigenvalue weighted by molar-refractivity contribution is 5.96. The van der Waals surface area contributed by atoms with Crippen molar-refractivity contribution in [2.45, 2.75) is 44.6 Å². The molecule has 4 rings (SSSR count). The zero-order chi connectivity index (χ0) is 15.8. The van der Waals surface area contributed by atoms with E-state index in [2.05, 4.69) is 4.98 Å². The van der Waals surface area contributed by atoms with E-state index in [1.165, 1.54) is 25.7 Å². The fraction of sp³-hybridized carbons (Fsp3) is 0.474. The molecule has 4 nitrogen and oxygen atoms in total. The molecule has 1 saturated carbocycles. The molecular weight excluding hydrogens is 288 g/mol. The Labute approximate surface area is 135 Å². The Morgan fingerprint density at radius 1 is 1.09 bits per heavy atom. The number of amides is 1. The molecular formula is C19H22N2O2. The minimum Gasteiger partial charge on any atom is -0.334 e. The lowest BCUT2D eigenvalue weighted by Crippen LogP contribution is -2.40. The summed E-state index contributed by atoms with van der Waals surface area (Å²) in [5.41, 5.74) is 0.252. The second-order valence-corrected chi connectivity index (χ2v) is 6.85. The standard InChI is InChI=1S/C19H22N2O2/c22-18-15-9-4-3-8-14(15)12-16(20-18)19(23)21-11-5-10-17(21)13-6-1-2-7-13/h3-4,8-9,12-13,17H,1-2,5-7,10-11H2,(H,20,22)/t17-/m0/s1. The third-order valence-electron chi connectivity index (χ3n) is 5.49. The maximum Gasteiger partial charge on any atom is 0.270 e. The maximum atomic E-state index is 13.0. The molecule has 2 fully saturated rings. The number of likely N-dealkylation sites (tertiary alicyclic amines) is 1. The number of carbonyl (C=O) groups is 1. The lowest BCUT2D eigenvalue weighted by Gasteiger charge is -2.29. The first-order chi connectivity index (χ1) is 11.2. The van der Waals surface area contributed by atoms with E-state index in [1.54, 1.807) is 6.07 Å². The van der Waals surface area contributed by atoms with Gasteiger partial charge in [0.1, 0.15) is 5.69 Å². The molecule has 2 aromatic rings. The summed E-state index contributed by atoms with van der Waals surface area (Å²) in [6, 6.07) is 9.60. The Kier molecular flexibility index (Phi) is 3.68. The van der Waals surface area contributed by atoms with Crippen molar-refractivity contribution in [1.82, 2.24) is 9.88 Å². The number of nitrogens with one attached hydrogen (secondary N) is 1. The van der Waals surface area contributed by atoms with Gasteiger partial charge in [0, 0.05) is 18.0 Å². The molecule has 1 aromatic heterocycles.